The van der Waals surface area contributed by atoms with Crippen LogP contribution in [0.15, 0.2) is 12.3 Å². The van der Waals surface area contributed by atoms with Crippen LogP contribution in [0.25, 0.3) is 0 Å². The van der Waals surface area contributed by atoms with Crippen molar-refractivity contribution in [3.63, 3.8) is 0 Å². The maximum atomic E-state index is 12.3. The lowest BCUT2D eigenvalue weighted by molar-refractivity contribution is -0.168. The van der Waals surface area contributed by atoms with Crippen molar-refractivity contribution in [2.24, 2.45) is 46.3 Å². The van der Waals surface area contributed by atoms with Gasteiger partial charge in [-0.05, 0) is 97.7 Å². The molecule has 1 amide bonds. The van der Waals surface area contributed by atoms with Gasteiger partial charge in [-0.25, -0.2) is 0 Å². The van der Waals surface area contributed by atoms with Crippen molar-refractivity contribution in [1.82, 2.24) is 10.6 Å². The number of likely N-dealkylation sites (N-methyl/N-ethyl adjacent to an activating group) is 1. The number of aliphatic hydroxyl groups is 1. The zero-order valence-corrected chi connectivity index (χ0v) is 21.1. The highest BCUT2D eigenvalue weighted by atomic mass is 16.3. The van der Waals surface area contributed by atoms with E-state index in [1.165, 1.54) is 51.4 Å². The van der Waals surface area contributed by atoms with E-state index in [0.29, 0.717) is 36.1 Å². The number of amides is 1. The summed E-state index contributed by atoms with van der Waals surface area (Å²) in [7, 11) is 1.83. The first kappa shape index (κ1) is 24.1. The van der Waals surface area contributed by atoms with E-state index in [-0.39, 0.29) is 17.4 Å². The van der Waals surface area contributed by atoms with Crippen molar-refractivity contribution in [3.05, 3.63) is 12.3 Å². The Balaban J connectivity index is 1.42. The molecule has 4 rings (SSSR count). The predicted molar refractivity (Wildman–Crippen MR) is 131 cm³/mol. The molecule has 0 aromatic carbocycles. The second-order valence-electron chi connectivity index (χ2n) is 12.4. The topological polar surface area (TPSA) is 61.4 Å². The van der Waals surface area contributed by atoms with Crippen molar-refractivity contribution >= 4 is 5.91 Å². The van der Waals surface area contributed by atoms with Gasteiger partial charge in [-0.2, -0.15) is 0 Å². The predicted octanol–water partition coefficient (Wildman–Crippen LogP) is 5.27. The van der Waals surface area contributed by atoms with E-state index in [2.05, 4.69) is 38.0 Å². The van der Waals surface area contributed by atoms with Crippen molar-refractivity contribution in [2.75, 3.05) is 13.6 Å². The monoisotopic (exact) mass is 444 g/mol. The summed E-state index contributed by atoms with van der Waals surface area (Å²) < 4.78 is 0. The highest BCUT2D eigenvalue weighted by Crippen LogP contribution is 2.68. The molecule has 4 heteroatoms. The number of nitrogens with one attached hydrogen (secondary N) is 2. The molecule has 0 aliphatic heterocycles. The van der Waals surface area contributed by atoms with Gasteiger partial charge < -0.3 is 15.7 Å². The van der Waals surface area contributed by atoms with Gasteiger partial charge in [0.15, 0.2) is 0 Å². The van der Waals surface area contributed by atoms with Crippen LogP contribution in [0.2, 0.25) is 0 Å². The fraction of sp³-hybridized carbons (Fsp3) is 0.893. The largest absolute Gasteiger partial charge is 0.393 e. The lowest BCUT2D eigenvalue weighted by Gasteiger charge is -2.62. The fourth-order valence-electron chi connectivity index (χ4n) is 9.16. The van der Waals surface area contributed by atoms with Crippen molar-refractivity contribution in [1.29, 1.82) is 0 Å². The van der Waals surface area contributed by atoms with E-state index in [4.69, 9.17) is 0 Å². The number of fused-ring (bicyclic) bond motifs is 5. The first-order valence-electron chi connectivity index (χ1n) is 13.5. The first-order valence-corrected chi connectivity index (χ1v) is 13.5. The average molecular weight is 445 g/mol. The Morgan fingerprint density at radius 2 is 1.91 bits per heavy atom. The van der Waals surface area contributed by atoms with Gasteiger partial charge >= 0.3 is 0 Å². The van der Waals surface area contributed by atoms with Gasteiger partial charge in [-0.15, -0.1) is 0 Å². The van der Waals surface area contributed by atoms with E-state index in [1.807, 2.05) is 7.05 Å². The van der Waals surface area contributed by atoms with Crippen molar-refractivity contribution in [3.8, 4) is 0 Å². The summed E-state index contributed by atoms with van der Waals surface area (Å²) in [6.45, 7) is 11.7. The van der Waals surface area contributed by atoms with Crippen LogP contribution < -0.4 is 10.6 Å². The zero-order valence-electron chi connectivity index (χ0n) is 21.1. The highest BCUT2D eigenvalue weighted by Gasteiger charge is 2.63. The standard InChI is InChI=1S/C28H48N2O2/c1-18(9-14-26(32)30-17-19(2)29-5)22-12-13-23-21-11-10-20-8-6-7-15-27(20,3)24(21)16-25(31)28(22,23)4/h18,20-25,29,31H,2,6-17H2,1,3-5H3,(H,30,32)/t18-,20?,21?,22?,23?,24?,25+,27?,28?/m1/s1. The molecule has 4 nitrogen and oxygen atoms in total. The minimum atomic E-state index is -0.186. The molecule has 32 heavy (non-hydrogen) atoms. The van der Waals surface area contributed by atoms with E-state index in [9.17, 15) is 9.90 Å². The molecule has 182 valence electrons. The Morgan fingerprint density at radius 1 is 1.12 bits per heavy atom. The van der Waals surface area contributed by atoms with E-state index in [0.717, 1.165) is 36.3 Å². The number of carbonyl (C=O) groups excluding carboxylic acids is 1. The summed E-state index contributed by atoms with van der Waals surface area (Å²) in [5.41, 5.74) is 1.32. The number of hydrogen-bond donors (Lipinski definition) is 3. The number of carbonyl (C=O) groups is 1. The molecule has 0 radical (unpaired) electrons. The highest BCUT2D eigenvalue weighted by molar-refractivity contribution is 5.76. The average Bonchev–Trinajstić information content (AvgIpc) is 3.15. The second kappa shape index (κ2) is 9.31. The van der Waals surface area contributed by atoms with Crippen LogP contribution in [0.1, 0.15) is 91.4 Å². The van der Waals surface area contributed by atoms with Crippen LogP contribution in [0.4, 0.5) is 0 Å². The van der Waals surface area contributed by atoms with E-state index < -0.39 is 0 Å². The van der Waals surface area contributed by atoms with Gasteiger partial charge in [0.2, 0.25) is 5.91 Å². The SMILES string of the molecule is C=C(CNC(=O)CC[C@@H](C)C1CCC2C3CCC4CCCCC4(C)C3C[C@H](O)C21C)NC. The summed E-state index contributed by atoms with van der Waals surface area (Å²) in [6, 6.07) is 0. The van der Waals surface area contributed by atoms with Gasteiger partial charge in [0, 0.05) is 19.2 Å². The maximum absolute atomic E-state index is 12.3. The molecule has 0 saturated heterocycles. The van der Waals surface area contributed by atoms with E-state index >= 15 is 0 Å². The molecule has 7 unspecified atom stereocenters. The first-order chi connectivity index (χ1) is 15.2. The summed E-state index contributed by atoms with van der Waals surface area (Å²) in [5, 5.41) is 17.6. The third kappa shape index (κ3) is 4.03. The Morgan fingerprint density at radius 3 is 2.66 bits per heavy atom. The molecular formula is C28H48N2O2. The van der Waals surface area contributed by atoms with Gasteiger partial charge in [-0.1, -0.05) is 40.2 Å². The number of hydrogen-bond acceptors (Lipinski definition) is 3. The fourth-order valence-corrected chi connectivity index (χ4v) is 9.16. The van der Waals surface area contributed by atoms with Crippen LogP contribution in [0, 0.1) is 46.3 Å². The molecule has 4 aliphatic rings. The van der Waals surface area contributed by atoms with Crippen molar-refractivity contribution in [2.45, 2.75) is 97.5 Å². The normalized spacial score (nSPS) is 44.0. The third-order valence-corrected chi connectivity index (χ3v) is 11.1. The summed E-state index contributed by atoms with van der Waals surface area (Å²) in [5.74, 6) is 4.18. The molecule has 0 spiro atoms. The Hall–Kier alpha value is -1.03. The van der Waals surface area contributed by atoms with Crippen LogP contribution in [-0.2, 0) is 4.79 Å². The molecule has 4 fully saturated rings. The summed E-state index contributed by atoms with van der Waals surface area (Å²) >= 11 is 0. The Kier molecular flexibility index (Phi) is 7.02. The maximum Gasteiger partial charge on any atom is 0.220 e. The van der Waals surface area contributed by atoms with Crippen LogP contribution >= 0.6 is 0 Å². The molecule has 0 aromatic heterocycles. The minimum Gasteiger partial charge on any atom is -0.393 e. The van der Waals surface area contributed by atoms with Crippen LogP contribution in [0.5, 0.6) is 0 Å². The molecule has 4 aliphatic carbocycles. The van der Waals surface area contributed by atoms with Crippen LogP contribution in [0.3, 0.4) is 0 Å². The van der Waals surface area contributed by atoms with Gasteiger partial charge in [0.05, 0.1) is 12.6 Å². The quantitative estimate of drug-likeness (QED) is 0.501. The molecule has 0 aromatic rings. The molecule has 4 saturated carbocycles. The Labute approximate surface area is 196 Å². The molecule has 0 bridgehead atoms. The zero-order chi connectivity index (χ0) is 23.1. The third-order valence-electron chi connectivity index (χ3n) is 11.1. The molecule has 3 N–H and O–H groups in total. The smallest absolute Gasteiger partial charge is 0.220 e. The lowest BCUT2D eigenvalue weighted by atomic mass is 9.44. The molecular weight excluding hydrogens is 396 g/mol. The van der Waals surface area contributed by atoms with Gasteiger partial charge in [0.25, 0.3) is 0 Å². The second-order valence-corrected chi connectivity index (χ2v) is 12.4. The summed E-state index contributed by atoms with van der Waals surface area (Å²) in [4.78, 5) is 12.3. The van der Waals surface area contributed by atoms with Gasteiger partial charge in [-0.3, -0.25) is 4.79 Å². The molecule has 0 heterocycles. The number of aliphatic hydroxyl groups excluding tert-OH is 1. The van der Waals surface area contributed by atoms with Crippen LogP contribution in [-0.4, -0.2) is 30.7 Å². The lowest BCUT2D eigenvalue weighted by Crippen LogP contribution is -2.58. The van der Waals surface area contributed by atoms with Gasteiger partial charge in [0.1, 0.15) is 0 Å². The van der Waals surface area contributed by atoms with Crippen molar-refractivity contribution < 1.29 is 9.90 Å². The number of rotatable bonds is 7. The Bertz CT molecular complexity index is 708. The molecule has 9 atom stereocenters. The van der Waals surface area contributed by atoms with E-state index in [1.54, 1.807) is 0 Å². The summed E-state index contributed by atoms with van der Waals surface area (Å²) in [6.07, 6.45) is 13.2. The minimum absolute atomic E-state index is 0.0232.